The van der Waals surface area contributed by atoms with Crippen LogP contribution in [-0.4, -0.2) is 61.8 Å². The van der Waals surface area contributed by atoms with E-state index in [2.05, 4.69) is 5.32 Å². The van der Waals surface area contributed by atoms with E-state index in [1.54, 1.807) is 7.11 Å². The summed E-state index contributed by atoms with van der Waals surface area (Å²) < 4.78 is 4.91. The standard InChI is InChI=1S/C14H26N2O4/c1-3-14(13(18)19)5-8-16(9-6-14)11-12(17)15-7-4-10-20-2/h3-11H2,1-2H3,(H,15,17)(H,18,19). The van der Waals surface area contributed by atoms with E-state index in [0.717, 1.165) is 6.42 Å². The van der Waals surface area contributed by atoms with Crippen molar-refractivity contribution in [1.29, 1.82) is 0 Å². The maximum Gasteiger partial charge on any atom is 0.309 e. The van der Waals surface area contributed by atoms with Crippen LogP contribution in [0.3, 0.4) is 0 Å². The SMILES string of the molecule is CCC1(C(=O)O)CCN(CC(=O)NCCCOC)CC1. The molecule has 116 valence electrons. The van der Waals surface area contributed by atoms with Gasteiger partial charge in [0, 0.05) is 20.3 Å². The topological polar surface area (TPSA) is 78.9 Å². The van der Waals surface area contributed by atoms with E-state index in [9.17, 15) is 14.7 Å². The molecule has 0 radical (unpaired) electrons. The summed E-state index contributed by atoms with van der Waals surface area (Å²) in [7, 11) is 1.64. The molecule has 0 aromatic rings. The highest BCUT2D eigenvalue weighted by molar-refractivity contribution is 5.78. The Morgan fingerprint density at radius 3 is 2.50 bits per heavy atom. The number of carboxylic acid groups (broad SMARTS) is 1. The van der Waals surface area contributed by atoms with Crippen LogP contribution < -0.4 is 5.32 Å². The van der Waals surface area contributed by atoms with Crippen molar-refractivity contribution in [2.75, 3.05) is 39.9 Å². The second kappa shape index (κ2) is 8.21. The van der Waals surface area contributed by atoms with Crippen molar-refractivity contribution in [2.24, 2.45) is 5.41 Å². The summed E-state index contributed by atoms with van der Waals surface area (Å²) in [4.78, 5) is 25.1. The summed E-state index contributed by atoms with van der Waals surface area (Å²) in [6, 6.07) is 0. The average Bonchev–Trinajstić information content (AvgIpc) is 2.44. The van der Waals surface area contributed by atoms with Gasteiger partial charge in [-0.25, -0.2) is 0 Å². The lowest BCUT2D eigenvalue weighted by Crippen LogP contribution is -2.47. The number of likely N-dealkylation sites (tertiary alicyclic amines) is 1. The zero-order valence-corrected chi connectivity index (χ0v) is 12.5. The molecule has 1 fully saturated rings. The fraction of sp³-hybridized carbons (Fsp3) is 0.857. The minimum absolute atomic E-state index is 0.000395. The minimum atomic E-state index is -0.705. The number of ether oxygens (including phenoxy) is 1. The molecule has 0 saturated carbocycles. The van der Waals surface area contributed by atoms with Crippen LogP contribution in [0.5, 0.6) is 0 Å². The first-order valence-corrected chi connectivity index (χ1v) is 7.25. The molecule has 6 heteroatoms. The van der Waals surface area contributed by atoms with Crippen LogP contribution in [0.25, 0.3) is 0 Å². The van der Waals surface area contributed by atoms with Gasteiger partial charge in [0.05, 0.1) is 12.0 Å². The third-order valence-electron chi connectivity index (χ3n) is 4.16. The van der Waals surface area contributed by atoms with Crippen molar-refractivity contribution >= 4 is 11.9 Å². The van der Waals surface area contributed by atoms with E-state index >= 15 is 0 Å². The Morgan fingerprint density at radius 1 is 1.35 bits per heavy atom. The molecule has 2 N–H and O–H groups in total. The number of hydrogen-bond acceptors (Lipinski definition) is 4. The third kappa shape index (κ3) is 4.76. The lowest BCUT2D eigenvalue weighted by molar-refractivity contribution is -0.152. The van der Waals surface area contributed by atoms with E-state index in [-0.39, 0.29) is 5.91 Å². The molecule has 0 aromatic carbocycles. The second-order valence-electron chi connectivity index (χ2n) is 5.41. The van der Waals surface area contributed by atoms with Crippen molar-refractivity contribution < 1.29 is 19.4 Å². The first-order valence-electron chi connectivity index (χ1n) is 7.25. The van der Waals surface area contributed by atoms with Crippen molar-refractivity contribution in [3.05, 3.63) is 0 Å². The van der Waals surface area contributed by atoms with Gasteiger partial charge >= 0.3 is 5.97 Å². The maximum atomic E-state index is 11.7. The zero-order valence-electron chi connectivity index (χ0n) is 12.5. The molecule has 0 bridgehead atoms. The van der Waals surface area contributed by atoms with Gasteiger partial charge in [0.25, 0.3) is 0 Å². The Labute approximate surface area is 120 Å². The highest BCUT2D eigenvalue weighted by Gasteiger charge is 2.39. The number of aliphatic carboxylic acids is 1. The predicted molar refractivity (Wildman–Crippen MR) is 75.5 cm³/mol. The Hall–Kier alpha value is -1.14. The number of rotatable bonds is 8. The summed E-state index contributed by atoms with van der Waals surface area (Å²) in [5.41, 5.74) is -0.592. The normalized spacial score (nSPS) is 18.7. The molecular formula is C14H26N2O4. The van der Waals surface area contributed by atoms with Crippen LogP contribution in [0.2, 0.25) is 0 Å². The average molecular weight is 286 g/mol. The van der Waals surface area contributed by atoms with Gasteiger partial charge in [0.2, 0.25) is 5.91 Å². The Kier molecular flexibility index (Phi) is 6.95. The van der Waals surface area contributed by atoms with Crippen LogP contribution in [0.1, 0.15) is 32.6 Å². The van der Waals surface area contributed by atoms with Gasteiger partial charge in [-0.1, -0.05) is 6.92 Å². The second-order valence-corrected chi connectivity index (χ2v) is 5.41. The summed E-state index contributed by atoms with van der Waals surface area (Å²) >= 11 is 0. The summed E-state index contributed by atoms with van der Waals surface area (Å²) in [5, 5.41) is 12.2. The minimum Gasteiger partial charge on any atom is -0.481 e. The number of carbonyl (C=O) groups excluding carboxylic acids is 1. The molecule has 1 rings (SSSR count). The van der Waals surface area contributed by atoms with E-state index in [1.807, 2.05) is 11.8 Å². The molecular weight excluding hydrogens is 260 g/mol. The van der Waals surface area contributed by atoms with Gasteiger partial charge < -0.3 is 15.2 Å². The van der Waals surface area contributed by atoms with Gasteiger partial charge in [-0.3, -0.25) is 14.5 Å². The van der Waals surface area contributed by atoms with E-state index in [1.165, 1.54) is 0 Å². The molecule has 1 amide bonds. The smallest absolute Gasteiger partial charge is 0.309 e. The lowest BCUT2D eigenvalue weighted by atomic mass is 9.76. The molecule has 0 spiro atoms. The van der Waals surface area contributed by atoms with Crippen LogP contribution in [0, 0.1) is 5.41 Å². The maximum absolute atomic E-state index is 11.7. The largest absolute Gasteiger partial charge is 0.481 e. The Morgan fingerprint density at radius 2 is 2.00 bits per heavy atom. The van der Waals surface area contributed by atoms with E-state index < -0.39 is 11.4 Å². The van der Waals surface area contributed by atoms with Gasteiger partial charge in [-0.05, 0) is 38.8 Å². The van der Waals surface area contributed by atoms with Gasteiger partial charge in [0.1, 0.15) is 0 Å². The predicted octanol–water partition coefficient (Wildman–Crippen LogP) is 0.716. The molecule has 1 aliphatic rings. The zero-order chi connectivity index (χ0) is 15.0. The Bertz CT molecular complexity index is 325. The monoisotopic (exact) mass is 286 g/mol. The van der Waals surface area contributed by atoms with Crippen LogP contribution in [0.15, 0.2) is 0 Å². The molecule has 1 saturated heterocycles. The molecule has 0 aliphatic carbocycles. The molecule has 1 heterocycles. The summed E-state index contributed by atoms with van der Waals surface area (Å²) in [6.45, 7) is 4.88. The lowest BCUT2D eigenvalue weighted by Gasteiger charge is -2.37. The Balaban J connectivity index is 2.28. The fourth-order valence-corrected chi connectivity index (χ4v) is 2.56. The highest BCUT2D eigenvalue weighted by Crippen LogP contribution is 2.34. The number of nitrogens with zero attached hydrogens (tertiary/aromatic N) is 1. The quantitative estimate of drug-likeness (QED) is 0.643. The van der Waals surface area contributed by atoms with Crippen molar-refractivity contribution in [3.8, 4) is 0 Å². The fourth-order valence-electron chi connectivity index (χ4n) is 2.56. The van der Waals surface area contributed by atoms with Crippen molar-refractivity contribution in [2.45, 2.75) is 32.6 Å². The van der Waals surface area contributed by atoms with Crippen LogP contribution >= 0.6 is 0 Å². The number of hydrogen-bond donors (Lipinski definition) is 2. The number of piperidine rings is 1. The highest BCUT2D eigenvalue weighted by atomic mass is 16.5. The molecule has 1 aliphatic heterocycles. The number of carboxylic acids is 1. The number of amides is 1. The van der Waals surface area contributed by atoms with Gasteiger partial charge in [-0.2, -0.15) is 0 Å². The third-order valence-corrected chi connectivity index (χ3v) is 4.16. The van der Waals surface area contributed by atoms with Crippen molar-refractivity contribution in [3.63, 3.8) is 0 Å². The number of methoxy groups -OCH3 is 1. The van der Waals surface area contributed by atoms with E-state index in [4.69, 9.17) is 4.74 Å². The molecule has 0 unspecified atom stereocenters. The summed E-state index contributed by atoms with van der Waals surface area (Å²) in [5.74, 6) is -0.705. The first kappa shape index (κ1) is 16.9. The van der Waals surface area contributed by atoms with Crippen molar-refractivity contribution in [1.82, 2.24) is 10.2 Å². The van der Waals surface area contributed by atoms with Gasteiger partial charge in [-0.15, -0.1) is 0 Å². The number of nitrogens with one attached hydrogen (secondary N) is 1. The van der Waals surface area contributed by atoms with Crippen LogP contribution in [0.4, 0.5) is 0 Å². The molecule has 20 heavy (non-hydrogen) atoms. The summed E-state index contributed by atoms with van der Waals surface area (Å²) in [6.07, 6.45) is 2.70. The molecule has 0 aromatic heterocycles. The molecule has 6 nitrogen and oxygen atoms in total. The molecule has 0 atom stereocenters. The van der Waals surface area contributed by atoms with Gasteiger partial charge in [0.15, 0.2) is 0 Å². The van der Waals surface area contributed by atoms with Crippen LogP contribution in [-0.2, 0) is 14.3 Å². The first-order chi connectivity index (χ1) is 9.54. The number of carbonyl (C=O) groups is 2. The van der Waals surface area contributed by atoms with E-state index in [0.29, 0.717) is 52.0 Å².